The third-order valence-electron chi connectivity index (χ3n) is 5.80. The third kappa shape index (κ3) is 3.91. The molecule has 4 amide bonds. The number of nitrogens with one attached hydrogen (secondary N) is 1. The van der Waals surface area contributed by atoms with E-state index in [1.165, 1.54) is 18.7 Å². The van der Waals surface area contributed by atoms with Gasteiger partial charge in [0.2, 0.25) is 0 Å². The summed E-state index contributed by atoms with van der Waals surface area (Å²) < 4.78 is 6.91. The lowest BCUT2D eigenvalue weighted by atomic mass is 10.1. The lowest BCUT2D eigenvalue weighted by Gasteiger charge is -2.26. The summed E-state index contributed by atoms with van der Waals surface area (Å²) >= 11 is 0. The molecule has 33 heavy (non-hydrogen) atoms. The quantitative estimate of drug-likeness (QED) is 0.488. The van der Waals surface area contributed by atoms with Gasteiger partial charge < -0.3 is 4.74 Å². The Labute approximate surface area is 191 Å². The highest BCUT2D eigenvalue weighted by atomic mass is 16.5. The van der Waals surface area contributed by atoms with Crippen LogP contribution in [0.2, 0.25) is 0 Å². The molecule has 168 valence electrons. The molecule has 0 bridgehead atoms. The first-order chi connectivity index (χ1) is 15.7. The maximum atomic E-state index is 13.2. The second-order valence-electron chi connectivity index (χ2n) is 7.92. The van der Waals surface area contributed by atoms with E-state index in [1.807, 2.05) is 45.9 Å². The lowest BCUT2D eigenvalue weighted by molar-refractivity contribution is -0.122. The molecule has 1 aliphatic rings. The largest absolute Gasteiger partial charge is 0.497 e. The number of aryl methyl sites for hydroxylation is 3. The van der Waals surface area contributed by atoms with Crippen molar-refractivity contribution in [2.75, 3.05) is 12.0 Å². The molecule has 1 N–H and O–H groups in total. The van der Waals surface area contributed by atoms with Crippen molar-refractivity contribution in [2.24, 2.45) is 0 Å². The highest BCUT2D eigenvalue weighted by Gasteiger charge is 2.37. The Hall–Kier alpha value is -4.20. The average molecular weight is 444 g/mol. The summed E-state index contributed by atoms with van der Waals surface area (Å²) in [6.07, 6.45) is 1.50. The minimum atomic E-state index is -0.799. The van der Waals surface area contributed by atoms with E-state index in [1.54, 1.807) is 28.9 Å². The van der Waals surface area contributed by atoms with Crippen LogP contribution in [0.4, 0.5) is 10.5 Å². The highest BCUT2D eigenvalue weighted by Crippen LogP contribution is 2.26. The van der Waals surface area contributed by atoms with Gasteiger partial charge in [-0.2, -0.15) is 5.10 Å². The van der Waals surface area contributed by atoms with Crippen molar-refractivity contribution in [1.82, 2.24) is 15.1 Å². The van der Waals surface area contributed by atoms with Crippen LogP contribution in [0.3, 0.4) is 0 Å². The zero-order chi connectivity index (χ0) is 23.9. The summed E-state index contributed by atoms with van der Waals surface area (Å²) in [5, 5.41) is 6.86. The van der Waals surface area contributed by atoms with Gasteiger partial charge in [-0.3, -0.25) is 14.9 Å². The van der Waals surface area contributed by atoms with Crippen LogP contribution in [0.25, 0.3) is 11.8 Å². The fourth-order valence-electron chi connectivity index (χ4n) is 3.74. The summed E-state index contributed by atoms with van der Waals surface area (Å²) in [6, 6.07) is 11.7. The Bertz CT molecular complexity index is 1320. The number of barbiturate groups is 1. The molecule has 8 heteroatoms. The van der Waals surface area contributed by atoms with Gasteiger partial charge >= 0.3 is 6.03 Å². The number of anilines is 1. The van der Waals surface area contributed by atoms with Gasteiger partial charge in [0, 0.05) is 11.3 Å². The SMILES string of the molecule is COc1ccc(N2C(=O)NC(=O)/C(=C/c3c(C)nn(-c4ccc(C)c(C)c4)c3C)C2=O)cc1. The molecule has 0 unspecified atom stereocenters. The van der Waals surface area contributed by atoms with Crippen molar-refractivity contribution in [3.8, 4) is 11.4 Å². The maximum Gasteiger partial charge on any atom is 0.335 e. The van der Waals surface area contributed by atoms with E-state index in [2.05, 4.69) is 10.4 Å². The van der Waals surface area contributed by atoms with Crippen molar-refractivity contribution >= 4 is 29.6 Å². The molecule has 0 spiro atoms. The van der Waals surface area contributed by atoms with Crippen molar-refractivity contribution in [1.29, 1.82) is 0 Å². The van der Waals surface area contributed by atoms with E-state index < -0.39 is 17.8 Å². The molecule has 0 radical (unpaired) electrons. The van der Waals surface area contributed by atoms with Gasteiger partial charge in [0.05, 0.1) is 24.2 Å². The molecular weight excluding hydrogens is 420 g/mol. The van der Waals surface area contributed by atoms with E-state index in [9.17, 15) is 14.4 Å². The molecule has 4 rings (SSSR count). The van der Waals surface area contributed by atoms with Crippen molar-refractivity contribution < 1.29 is 19.1 Å². The molecule has 0 aliphatic carbocycles. The number of urea groups is 1. The van der Waals surface area contributed by atoms with Crippen LogP contribution in [-0.4, -0.2) is 34.7 Å². The van der Waals surface area contributed by atoms with Gasteiger partial charge in [0.15, 0.2) is 0 Å². The maximum absolute atomic E-state index is 13.2. The summed E-state index contributed by atoms with van der Waals surface area (Å²) in [4.78, 5) is 39.2. The normalized spacial score (nSPS) is 15.2. The van der Waals surface area contributed by atoms with Crippen LogP contribution < -0.4 is 15.0 Å². The van der Waals surface area contributed by atoms with E-state index in [-0.39, 0.29) is 5.57 Å². The predicted octanol–water partition coefficient (Wildman–Crippen LogP) is 3.78. The number of carbonyl (C=O) groups excluding carboxylic acids is 3. The van der Waals surface area contributed by atoms with Crippen molar-refractivity contribution in [2.45, 2.75) is 27.7 Å². The number of nitrogens with zero attached hydrogens (tertiary/aromatic N) is 3. The Balaban J connectivity index is 1.75. The van der Waals surface area contributed by atoms with Crippen LogP contribution in [0.15, 0.2) is 48.0 Å². The summed E-state index contributed by atoms with van der Waals surface area (Å²) in [6.45, 7) is 7.76. The molecule has 0 atom stereocenters. The Kier molecular flexibility index (Phi) is 5.59. The van der Waals surface area contributed by atoms with Crippen LogP contribution in [0.1, 0.15) is 28.1 Å². The number of aromatic nitrogens is 2. The van der Waals surface area contributed by atoms with Crippen LogP contribution in [0, 0.1) is 27.7 Å². The summed E-state index contributed by atoms with van der Waals surface area (Å²) in [5.74, 6) is -0.861. The number of carbonyl (C=O) groups is 3. The fraction of sp³-hybridized carbons (Fsp3) is 0.200. The third-order valence-corrected chi connectivity index (χ3v) is 5.80. The number of methoxy groups -OCH3 is 1. The van der Waals surface area contributed by atoms with Crippen molar-refractivity contribution in [3.63, 3.8) is 0 Å². The first kappa shape index (κ1) is 22.0. The van der Waals surface area contributed by atoms with Gasteiger partial charge in [-0.25, -0.2) is 14.4 Å². The van der Waals surface area contributed by atoms with Gasteiger partial charge in [-0.05, 0) is 81.3 Å². The molecule has 2 aromatic carbocycles. The molecule has 0 saturated carbocycles. The van der Waals surface area contributed by atoms with Crippen LogP contribution >= 0.6 is 0 Å². The number of hydrogen-bond donors (Lipinski definition) is 1. The van der Waals surface area contributed by atoms with Gasteiger partial charge in [0.25, 0.3) is 11.8 Å². The monoisotopic (exact) mass is 444 g/mol. The minimum absolute atomic E-state index is 0.142. The Morgan fingerprint density at radius 3 is 2.21 bits per heavy atom. The van der Waals surface area contributed by atoms with E-state index >= 15 is 0 Å². The van der Waals surface area contributed by atoms with E-state index in [0.717, 1.165) is 21.8 Å². The zero-order valence-electron chi connectivity index (χ0n) is 19.1. The molecule has 8 nitrogen and oxygen atoms in total. The number of ether oxygens (including phenoxy) is 1. The second kappa shape index (κ2) is 8.38. The first-order valence-corrected chi connectivity index (χ1v) is 10.4. The van der Waals surface area contributed by atoms with Crippen molar-refractivity contribution in [3.05, 3.63) is 76.1 Å². The topological polar surface area (TPSA) is 93.5 Å². The molecule has 3 aromatic rings. The number of hydrogen-bond acceptors (Lipinski definition) is 5. The average Bonchev–Trinajstić information content (AvgIpc) is 3.06. The van der Waals surface area contributed by atoms with Gasteiger partial charge in [-0.1, -0.05) is 6.07 Å². The zero-order valence-corrected chi connectivity index (χ0v) is 19.1. The summed E-state index contributed by atoms with van der Waals surface area (Å²) in [5.41, 5.74) is 5.47. The minimum Gasteiger partial charge on any atom is -0.497 e. The predicted molar refractivity (Wildman–Crippen MR) is 125 cm³/mol. The molecule has 1 fully saturated rings. The summed E-state index contributed by atoms with van der Waals surface area (Å²) in [7, 11) is 1.52. The van der Waals surface area contributed by atoms with E-state index in [4.69, 9.17) is 4.74 Å². The second-order valence-corrected chi connectivity index (χ2v) is 7.92. The highest BCUT2D eigenvalue weighted by molar-refractivity contribution is 6.39. The smallest absolute Gasteiger partial charge is 0.335 e. The Morgan fingerprint density at radius 1 is 0.909 bits per heavy atom. The number of amides is 4. The molecule has 2 heterocycles. The number of imide groups is 2. The molecule has 1 aromatic heterocycles. The Morgan fingerprint density at radius 2 is 1.58 bits per heavy atom. The fourth-order valence-corrected chi connectivity index (χ4v) is 3.74. The van der Waals surface area contributed by atoms with Crippen LogP contribution in [0.5, 0.6) is 5.75 Å². The lowest BCUT2D eigenvalue weighted by Crippen LogP contribution is -2.54. The van der Waals surface area contributed by atoms with Gasteiger partial charge in [-0.15, -0.1) is 0 Å². The molecule has 1 aliphatic heterocycles. The van der Waals surface area contributed by atoms with Gasteiger partial charge in [0.1, 0.15) is 11.3 Å². The van der Waals surface area contributed by atoms with E-state index in [0.29, 0.717) is 22.7 Å². The van der Waals surface area contributed by atoms with Crippen LogP contribution in [-0.2, 0) is 9.59 Å². The molecule has 1 saturated heterocycles. The number of rotatable bonds is 4. The first-order valence-electron chi connectivity index (χ1n) is 10.4. The standard InChI is InChI=1S/C25H24N4O4/c1-14-6-7-19(12-15(14)2)29-17(4)21(16(3)27-29)13-22-23(30)26-25(32)28(24(22)31)18-8-10-20(33-5)11-9-18/h6-13H,1-5H3,(H,26,30,32)/b22-13-. The number of benzene rings is 2. The molecular formula is C25H24N4O4.